The van der Waals surface area contributed by atoms with Crippen LogP contribution < -0.4 is 24.2 Å². The number of hydrogen-bond donors (Lipinski definition) is 2. The SMILES string of the molecule is COc1ccc(CCNC(=O)COc2ccc(S(=O)(=O)Nc3ccc(Br)cc3)cc2)cc1OC. The zero-order valence-electron chi connectivity index (χ0n) is 18.7. The molecule has 3 aromatic rings. The molecule has 8 nitrogen and oxygen atoms in total. The van der Waals surface area contributed by atoms with Gasteiger partial charge in [0.05, 0.1) is 19.1 Å². The van der Waals surface area contributed by atoms with Crippen molar-refractivity contribution in [1.82, 2.24) is 5.32 Å². The van der Waals surface area contributed by atoms with E-state index in [1.165, 1.54) is 24.3 Å². The number of amides is 1. The molecule has 0 spiro atoms. The van der Waals surface area contributed by atoms with Crippen molar-refractivity contribution in [3.05, 3.63) is 76.8 Å². The van der Waals surface area contributed by atoms with E-state index in [4.69, 9.17) is 14.2 Å². The Bertz CT molecular complexity index is 1220. The molecule has 0 aromatic heterocycles. The molecule has 0 aliphatic carbocycles. The van der Waals surface area contributed by atoms with Crippen molar-refractivity contribution in [3.8, 4) is 17.2 Å². The van der Waals surface area contributed by atoms with Gasteiger partial charge in [-0.2, -0.15) is 0 Å². The van der Waals surface area contributed by atoms with Gasteiger partial charge in [0.25, 0.3) is 15.9 Å². The minimum Gasteiger partial charge on any atom is -0.493 e. The van der Waals surface area contributed by atoms with Crippen LogP contribution in [0, 0.1) is 0 Å². The van der Waals surface area contributed by atoms with Crippen molar-refractivity contribution in [2.24, 2.45) is 0 Å². The first-order chi connectivity index (χ1) is 16.3. The summed E-state index contributed by atoms with van der Waals surface area (Å²) in [5.41, 5.74) is 1.45. The lowest BCUT2D eigenvalue weighted by molar-refractivity contribution is -0.123. The highest BCUT2D eigenvalue weighted by Crippen LogP contribution is 2.27. The Morgan fingerprint density at radius 3 is 2.24 bits per heavy atom. The number of ether oxygens (including phenoxy) is 3. The van der Waals surface area contributed by atoms with Crippen molar-refractivity contribution in [2.45, 2.75) is 11.3 Å². The first-order valence-electron chi connectivity index (χ1n) is 10.3. The van der Waals surface area contributed by atoms with E-state index in [1.807, 2.05) is 18.2 Å². The van der Waals surface area contributed by atoms with Crippen LogP contribution >= 0.6 is 15.9 Å². The number of benzene rings is 3. The van der Waals surface area contributed by atoms with Crippen LogP contribution in [0.5, 0.6) is 17.2 Å². The zero-order chi connectivity index (χ0) is 24.6. The first kappa shape index (κ1) is 25.4. The van der Waals surface area contributed by atoms with E-state index in [-0.39, 0.29) is 17.4 Å². The molecule has 0 radical (unpaired) electrons. The van der Waals surface area contributed by atoms with Gasteiger partial charge in [-0.3, -0.25) is 9.52 Å². The molecule has 180 valence electrons. The maximum atomic E-state index is 12.5. The largest absolute Gasteiger partial charge is 0.493 e. The van der Waals surface area contributed by atoms with Crippen LogP contribution in [0.15, 0.2) is 76.1 Å². The molecule has 0 atom stereocenters. The molecule has 1 amide bonds. The van der Waals surface area contributed by atoms with Crippen LogP contribution in [0.1, 0.15) is 5.56 Å². The Hall–Kier alpha value is -3.24. The van der Waals surface area contributed by atoms with Crippen LogP contribution in [-0.2, 0) is 21.2 Å². The van der Waals surface area contributed by atoms with E-state index < -0.39 is 10.0 Å². The molecule has 0 aliphatic heterocycles. The van der Waals surface area contributed by atoms with E-state index >= 15 is 0 Å². The van der Waals surface area contributed by atoms with E-state index in [0.717, 1.165) is 10.0 Å². The molecule has 2 N–H and O–H groups in total. The summed E-state index contributed by atoms with van der Waals surface area (Å²) in [6.45, 7) is 0.242. The fourth-order valence-corrected chi connectivity index (χ4v) is 4.35. The summed E-state index contributed by atoms with van der Waals surface area (Å²) in [5.74, 6) is 1.38. The summed E-state index contributed by atoms with van der Waals surface area (Å²) in [6, 6.07) is 18.2. The number of carbonyl (C=O) groups is 1. The number of nitrogens with one attached hydrogen (secondary N) is 2. The molecule has 10 heteroatoms. The Kier molecular flexibility index (Phi) is 8.78. The number of sulfonamides is 1. The number of carbonyl (C=O) groups excluding carboxylic acids is 1. The van der Waals surface area contributed by atoms with Crippen LogP contribution in [0.2, 0.25) is 0 Å². The van der Waals surface area contributed by atoms with Crippen molar-refractivity contribution < 1.29 is 27.4 Å². The Morgan fingerprint density at radius 2 is 1.59 bits per heavy atom. The monoisotopic (exact) mass is 548 g/mol. The lowest BCUT2D eigenvalue weighted by Crippen LogP contribution is -2.30. The lowest BCUT2D eigenvalue weighted by Gasteiger charge is -2.11. The summed E-state index contributed by atoms with van der Waals surface area (Å²) < 4.78 is 44.4. The molecule has 34 heavy (non-hydrogen) atoms. The van der Waals surface area contributed by atoms with Crippen molar-refractivity contribution in [2.75, 3.05) is 32.1 Å². The molecule has 3 rings (SSSR count). The molecule has 3 aromatic carbocycles. The third kappa shape index (κ3) is 7.13. The fraction of sp³-hybridized carbons (Fsp3) is 0.208. The standard InChI is InChI=1S/C24H25BrN2O6S/c1-31-22-12-3-17(15-23(22)32-2)13-14-26-24(28)16-33-20-8-10-21(11-9-20)34(29,30)27-19-6-4-18(25)5-7-19/h3-12,15,27H,13-14,16H2,1-2H3,(H,26,28). The Morgan fingerprint density at radius 1 is 0.912 bits per heavy atom. The normalized spacial score (nSPS) is 10.9. The average molecular weight is 549 g/mol. The van der Waals surface area contributed by atoms with Crippen molar-refractivity contribution in [1.29, 1.82) is 0 Å². The quantitative estimate of drug-likeness (QED) is 0.375. The van der Waals surface area contributed by atoms with Crippen molar-refractivity contribution in [3.63, 3.8) is 0 Å². The average Bonchev–Trinajstić information content (AvgIpc) is 2.84. The van der Waals surface area contributed by atoms with Gasteiger partial charge in [-0.05, 0) is 72.6 Å². The second-order valence-corrected chi connectivity index (χ2v) is 9.76. The third-order valence-corrected chi connectivity index (χ3v) is 6.71. The highest BCUT2D eigenvalue weighted by atomic mass is 79.9. The summed E-state index contributed by atoms with van der Waals surface area (Å²) in [7, 11) is -0.593. The smallest absolute Gasteiger partial charge is 0.261 e. The summed E-state index contributed by atoms with van der Waals surface area (Å²) >= 11 is 3.31. The predicted molar refractivity (Wildman–Crippen MR) is 133 cm³/mol. The molecule has 0 saturated heterocycles. The molecular weight excluding hydrogens is 524 g/mol. The highest BCUT2D eigenvalue weighted by Gasteiger charge is 2.14. The molecular formula is C24H25BrN2O6S. The lowest BCUT2D eigenvalue weighted by atomic mass is 10.1. The molecule has 0 heterocycles. The van der Waals surface area contributed by atoms with Crippen LogP contribution in [0.4, 0.5) is 5.69 Å². The van der Waals surface area contributed by atoms with Crippen LogP contribution in [-0.4, -0.2) is 41.7 Å². The summed E-state index contributed by atoms with van der Waals surface area (Å²) in [4.78, 5) is 12.2. The number of methoxy groups -OCH3 is 2. The minimum atomic E-state index is -3.74. The number of anilines is 1. The van der Waals surface area contributed by atoms with Gasteiger partial charge in [-0.25, -0.2) is 8.42 Å². The topological polar surface area (TPSA) is 103 Å². The summed E-state index contributed by atoms with van der Waals surface area (Å²) in [5, 5.41) is 2.79. The van der Waals surface area contributed by atoms with E-state index in [0.29, 0.717) is 35.9 Å². The Balaban J connectivity index is 1.46. The van der Waals surface area contributed by atoms with Gasteiger partial charge in [0.15, 0.2) is 18.1 Å². The van der Waals surface area contributed by atoms with Gasteiger partial charge in [0.2, 0.25) is 0 Å². The molecule has 0 bridgehead atoms. The molecule has 0 saturated carbocycles. The molecule has 0 aliphatic rings. The van der Waals surface area contributed by atoms with Gasteiger partial charge in [0, 0.05) is 16.7 Å². The minimum absolute atomic E-state index is 0.0853. The van der Waals surface area contributed by atoms with Crippen LogP contribution in [0.25, 0.3) is 0 Å². The van der Waals surface area contributed by atoms with Gasteiger partial charge in [-0.15, -0.1) is 0 Å². The Labute approximate surface area is 207 Å². The second kappa shape index (κ2) is 11.8. The highest BCUT2D eigenvalue weighted by molar-refractivity contribution is 9.10. The number of rotatable bonds is 11. The predicted octanol–water partition coefficient (Wildman–Crippen LogP) is 4.00. The first-order valence-corrected chi connectivity index (χ1v) is 12.6. The van der Waals surface area contributed by atoms with Gasteiger partial charge >= 0.3 is 0 Å². The molecule has 0 fully saturated rings. The van der Waals surface area contributed by atoms with Gasteiger partial charge < -0.3 is 19.5 Å². The van der Waals surface area contributed by atoms with Crippen molar-refractivity contribution >= 4 is 37.5 Å². The second-order valence-electron chi connectivity index (χ2n) is 7.16. The third-order valence-electron chi connectivity index (χ3n) is 4.78. The maximum Gasteiger partial charge on any atom is 0.261 e. The zero-order valence-corrected chi connectivity index (χ0v) is 21.1. The maximum absolute atomic E-state index is 12.5. The molecule has 0 unspecified atom stereocenters. The fourth-order valence-electron chi connectivity index (χ4n) is 3.03. The number of halogens is 1. The number of hydrogen-bond acceptors (Lipinski definition) is 6. The van der Waals surface area contributed by atoms with E-state index in [2.05, 4.69) is 26.0 Å². The van der Waals surface area contributed by atoms with Gasteiger partial charge in [0.1, 0.15) is 5.75 Å². The van der Waals surface area contributed by atoms with E-state index in [9.17, 15) is 13.2 Å². The van der Waals surface area contributed by atoms with Gasteiger partial charge in [-0.1, -0.05) is 22.0 Å². The van der Waals surface area contributed by atoms with E-state index in [1.54, 1.807) is 38.5 Å². The summed E-state index contributed by atoms with van der Waals surface area (Å²) in [6.07, 6.45) is 0.615. The van der Waals surface area contributed by atoms with Crippen LogP contribution in [0.3, 0.4) is 0 Å².